The average Bonchev–Trinajstić information content (AvgIpc) is 2.78. The van der Waals surface area contributed by atoms with Crippen LogP contribution in [0.2, 0.25) is 0 Å². The van der Waals surface area contributed by atoms with Crippen molar-refractivity contribution >= 4 is 15.5 Å². The highest BCUT2D eigenvalue weighted by molar-refractivity contribution is 7.90. The summed E-state index contributed by atoms with van der Waals surface area (Å²) < 4.78 is 27.4. The van der Waals surface area contributed by atoms with E-state index in [2.05, 4.69) is 15.5 Å². The molecule has 0 aliphatic carbocycles. The van der Waals surface area contributed by atoms with E-state index in [1.807, 2.05) is 19.2 Å². The van der Waals surface area contributed by atoms with E-state index in [0.717, 1.165) is 11.9 Å². The monoisotopic (exact) mass is 253 g/mol. The van der Waals surface area contributed by atoms with Gasteiger partial charge in [0.2, 0.25) is 15.7 Å². The molecular formula is C10H11N3O3S. The van der Waals surface area contributed by atoms with Gasteiger partial charge in [0, 0.05) is 24.6 Å². The Hall–Kier alpha value is -1.89. The largest absolute Gasteiger partial charge is 0.408 e. The maximum Gasteiger partial charge on any atom is 0.335 e. The minimum atomic E-state index is -3.46. The van der Waals surface area contributed by atoms with Gasteiger partial charge in [-0.3, -0.25) is 0 Å². The Labute approximate surface area is 98.6 Å². The molecule has 1 aromatic heterocycles. The zero-order valence-corrected chi connectivity index (χ0v) is 10.2. The number of aromatic nitrogens is 2. The van der Waals surface area contributed by atoms with E-state index in [0.29, 0.717) is 5.56 Å². The van der Waals surface area contributed by atoms with Crippen molar-refractivity contribution in [3.05, 3.63) is 24.3 Å². The van der Waals surface area contributed by atoms with Crippen molar-refractivity contribution in [1.29, 1.82) is 0 Å². The third kappa shape index (κ3) is 2.44. The third-order valence-corrected chi connectivity index (χ3v) is 2.94. The van der Waals surface area contributed by atoms with E-state index in [-0.39, 0.29) is 11.1 Å². The van der Waals surface area contributed by atoms with Crippen molar-refractivity contribution in [2.45, 2.75) is 5.22 Å². The van der Waals surface area contributed by atoms with Crippen LogP contribution >= 0.6 is 0 Å². The first kappa shape index (κ1) is 11.6. The topological polar surface area (TPSA) is 85.1 Å². The van der Waals surface area contributed by atoms with Crippen LogP contribution in [0.1, 0.15) is 0 Å². The number of hydrogen-bond acceptors (Lipinski definition) is 6. The van der Waals surface area contributed by atoms with E-state index in [1.54, 1.807) is 12.1 Å². The second-order valence-corrected chi connectivity index (χ2v) is 5.37. The lowest BCUT2D eigenvalue weighted by Crippen LogP contribution is -1.96. The van der Waals surface area contributed by atoms with Gasteiger partial charge in [-0.1, -0.05) is 5.10 Å². The second-order valence-electron chi connectivity index (χ2n) is 3.47. The zero-order valence-electron chi connectivity index (χ0n) is 9.34. The summed E-state index contributed by atoms with van der Waals surface area (Å²) in [6, 6.07) is 7.20. The van der Waals surface area contributed by atoms with E-state index < -0.39 is 9.84 Å². The van der Waals surface area contributed by atoms with Gasteiger partial charge in [-0.15, -0.1) is 5.10 Å². The summed E-state index contributed by atoms with van der Waals surface area (Å²) in [4.78, 5) is 0. The maximum absolute atomic E-state index is 11.2. The maximum atomic E-state index is 11.2. The van der Waals surface area contributed by atoms with Gasteiger partial charge < -0.3 is 9.73 Å². The van der Waals surface area contributed by atoms with Crippen LogP contribution in [0.5, 0.6) is 0 Å². The highest BCUT2D eigenvalue weighted by Crippen LogP contribution is 2.21. The molecule has 0 aliphatic rings. The van der Waals surface area contributed by atoms with Crippen LogP contribution in [0.15, 0.2) is 33.9 Å². The van der Waals surface area contributed by atoms with E-state index in [4.69, 9.17) is 4.42 Å². The molecule has 7 heteroatoms. The summed E-state index contributed by atoms with van der Waals surface area (Å²) in [6.45, 7) is 0. The minimum absolute atomic E-state index is 0.188. The van der Waals surface area contributed by atoms with Crippen LogP contribution in [0.4, 0.5) is 5.69 Å². The number of sulfone groups is 1. The standard InChI is InChI=1S/C10H11N3O3S/c1-11-8-5-3-7(4-6-8)9-12-13-10(16-9)17(2,14)15/h3-6,11H,1-2H3. The summed E-state index contributed by atoms with van der Waals surface area (Å²) in [5, 5.41) is 9.78. The Bertz CT molecular complexity index is 617. The molecule has 0 spiro atoms. The van der Waals surface area contributed by atoms with Crippen LogP contribution in [-0.4, -0.2) is 31.9 Å². The molecule has 0 saturated heterocycles. The lowest BCUT2D eigenvalue weighted by atomic mass is 10.2. The molecule has 1 aromatic carbocycles. The van der Waals surface area contributed by atoms with Crippen molar-refractivity contribution < 1.29 is 12.8 Å². The summed E-state index contributed by atoms with van der Waals surface area (Å²) in [7, 11) is -1.65. The third-order valence-electron chi connectivity index (χ3n) is 2.14. The van der Waals surface area contributed by atoms with Crippen molar-refractivity contribution in [2.75, 3.05) is 18.6 Å². The van der Waals surface area contributed by atoms with Crippen LogP contribution in [-0.2, 0) is 9.84 Å². The lowest BCUT2D eigenvalue weighted by Gasteiger charge is -1.99. The van der Waals surface area contributed by atoms with Gasteiger partial charge in [0.1, 0.15) is 0 Å². The first-order chi connectivity index (χ1) is 8.00. The first-order valence-electron chi connectivity index (χ1n) is 4.82. The Morgan fingerprint density at radius 3 is 2.29 bits per heavy atom. The van der Waals surface area contributed by atoms with Gasteiger partial charge in [-0.2, -0.15) is 0 Å². The molecule has 0 unspecified atom stereocenters. The molecule has 0 atom stereocenters. The highest BCUT2D eigenvalue weighted by atomic mass is 32.2. The molecule has 0 radical (unpaired) electrons. The van der Waals surface area contributed by atoms with Crippen molar-refractivity contribution in [3.8, 4) is 11.5 Å². The molecule has 90 valence electrons. The predicted octanol–water partition coefficient (Wildman–Crippen LogP) is 1.18. The number of nitrogens with one attached hydrogen (secondary N) is 1. The number of rotatable bonds is 3. The highest BCUT2D eigenvalue weighted by Gasteiger charge is 2.17. The molecule has 1 N–H and O–H groups in total. The summed E-state index contributed by atoms with van der Waals surface area (Å²) in [5.41, 5.74) is 1.61. The number of benzene rings is 1. The van der Waals surface area contributed by atoms with Gasteiger partial charge in [0.15, 0.2) is 0 Å². The Balaban J connectivity index is 2.37. The molecule has 0 amide bonds. The molecule has 2 aromatic rings. The SMILES string of the molecule is CNc1ccc(-c2nnc(S(C)(=O)=O)o2)cc1. The van der Waals surface area contributed by atoms with Crippen LogP contribution < -0.4 is 5.32 Å². The zero-order chi connectivity index (χ0) is 12.5. The fourth-order valence-corrected chi connectivity index (χ4v) is 1.68. The van der Waals surface area contributed by atoms with Crippen LogP contribution in [0.25, 0.3) is 11.5 Å². The van der Waals surface area contributed by atoms with Crippen LogP contribution in [0, 0.1) is 0 Å². The van der Waals surface area contributed by atoms with Gasteiger partial charge >= 0.3 is 5.22 Å². The molecule has 6 nitrogen and oxygen atoms in total. The Morgan fingerprint density at radius 1 is 1.18 bits per heavy atom. The summed E-state index contributed by atoms with van der Waals surface area (Å²) >= 11 is 0. The van der Waals surface area contributed by atoms with Gasteiger partial charge in [0.05, 0.1) is 0 Å². The molecule has 1 heterocycles. The predicted molar refractivity (Wildman–Crippen MR) is 62.4 cm³/mol. The molecule has 0 bridgehead atoms. The molecule has 0 saturated carbocycles. The first-order valence-corrected chi connectivity index (χ1v) is 6.71. The number of nitrogens with zero attached hydrogens (tertiary/aromatic N) is 2. The van der Waals surface area contributed by atoms with Crippen molar-refractivity contribution in [2.24, 2.45) is 0 Å². The summed E-state index contributed by atoms with van der Waals surface area (Å²) in [5.74, 6) is 0.188. The quantitative estimate of drug-likeness (QED) is 0.884. The van der Waals surface area contributed by atoms with Gasteiger partial charge in [0.25, 0.3) is 0 Å². The number of anilines is 1. The minimum Gasteiger partial charge on any atom is -0.408 e. The lowest BCUT2D eigenvalue weighted by molar-refractivity contribution is 0.442. The van der Waals surface area contributed by atoms with Crippen molar-refractivity contribution in [3.63, 3.8) is 0 Å². The smallest absolute Gasteiger partial charge is 0.335 e. The molecular weight excluding hydrogens is 242 g/mol. The normalized spacial score (nSPS) is 11.4. The Morgan fingerprint density at radius 2 is 1.82 bits per heavy atom. The second kappa shape index (κ2) is 4.17. The van der Waals surface area contributed by atoms with E-state index in [9.17, 15) is 8.42 Å². The fraction of sp³-hybridized carbons (Fsp3) is 0.200. The average molecular weight is 253 g/mol. The van der Waals surface area contributed by atoms with E-state index in [1.165, 1.54) is 0 Å². The van der Waals surface area contributed by atoms with Crippen LogP contribution in [0.3, 0.4) is 0 Å². The van der Waals surface area contributed by atoms with E-state index >= 15 is 0 Å². The fourth-order valence-electron chi connectivity index (χ4n) is 1.26. The molecule has 2 rings (SSSR count). The summed E-state index contributed by atoms with van der Waals surface area (Å²) in [6.07, 6.45) is 1.02. The number of hydrogen-bond donors (Lipinski definition) is 1. The van der Waals surface area contributed by atoms with Crippen molar-refractivity contribution in [1.82, 2.24) is 10.2 Å². The Kier molecular flexibility index (Phi) is 2.84. The molecule has 17 heavy (non-hydrogen) atoms. The van der Waals surface area contributed by atoms with Gasteiger partial charge in [-0.05, 0) is 24.3 Å². The van der Waals surface area contributed by atoms with Gasteiger partial charge in [-0.25, -0.2) is 8.42 Å². The molecule has 0 aliphatic heterocycles. The molecule has 0 fully saturated rings.